The van der Waals surface area contributed by atoms with E-state index in [4.69, 9.17) is 0 Å². The van der Waals surface area contributed by atoms with Crippen LogP contribution in [0.15, 0.2) is 11.1 Å². The first-order chi connectivity index (χ1) is 5.50. The Hall–Kier alpha value is -0.540. The summed E-state index contributed by atoms with van der Waals surface area (Å²) in [6, 6.07) is 0. The van der Waals surface area contributed by atoms with Gasteiger partial charge in [-0.1, -0.05) is 12.5 Å². The Labute approximate surface area is 93.5 Å². The first-order valence-corrected chi connectivity index (χ1v) is 4.40. The Morgan fingerprint density at radius 1 is 1.21 bits per heavy atom. The van der Waals surface area contributed by atoms with Crippen molar-refractivity contribution in [3.63, 3.8) is 0 Å². The average Bonchev–Trinajstić information content (AvgIpc) is 2.02. The number of hydrogen-bond acceptors (Lipinski definition) is 2. The van der Waals surface area contributed by atoms with E-state index in [-0.39, 0.29) is 24.5 Å². The third kappa shape index (κ3) is 6.00. The Bertz CT molecular complexity index is 198. The van der Waals surface area contributed by atoms with Crippen LogP contribution in [0.2, 0.25) is 0 Å². The zero-order chi connectivity index (χ0) is 9.72. The van der Waals surface area contributed by atoms with Crippen molar-refractivity contribution in [1.29, 1.82) is 0 Å². The first kappa shape index (κ1) is 19.1. The molecule has 0 saturated heterocycles. The van der Waals surface area contributed by atoms with E-state index < -0.39 is 0 Å². The van der Waals surface area contributed by atoms with E-state index in [1.54, 1.807) is 4.90 Å². The normalized spacial score (nSPS) is 8.07. The fourth-order valence-electron chi connectivity index (χ4n) is 0.937. The minimum Gasteiger partial charge on any atom is -0.344 e. The summed E-state index contributed by atoms with van der Waals surface area (Å²) < 4.78 is 0. The van der Waals surface area contributed by atoms with Gasteiger partial charge in [0.2, 0.25) is 5.91 Å². The molecular weight excluding hydrogens is 200 g/mol. The molecule has 4 heteroatoms. The van der Waals surface area contributed by atoms with Gasteiger partial charge in [0, 0.05) is 19.2 Å². The molecule has 0 atom stereocenters. The monoisotopic (exact) mass is 222 g/mol. The van der Waals surface area contributed by atoms with Gasteiger partial charge in [-0.25, -0.2) is 0 Å². The fraction of sp³-hybridized carbons (Fsp3) is 0.700. The second kappa shape index (κ2) is 9.03. The van der Waals surface area contributed by atoms with Gasteiger partial charge in [-0.05, 0) is 27.2 Å². The van der Waals surface area contributed by atoms with Crippen LogP contribution in [0.4, 0.5) is 0 Å². The summed E-state index contributed by atoms with van der Waals surface area (Å²) in [5, 5.41) is 0. The molecule has 0 unspecified atom stereocenters. The SMILES string of the molecule is CCCN(C)C(=O)C(C)=C(C)C.Cl.N. The predicted octanol–water partition coefficient (Wildman–Crippen LogP) is 2.79. The molecule has 0 bridgehead atoms. The summed E-state index contributed by atoms with van der Waals surface area (Å²) in [7, 11) is 1.85. The van der Waals surface area contributed by atoms with Crippen molar-refractivity contribution < 1.29 is 4.79 Å². The molecule has 3 N–H and O–H groups in total. The Kier molecular flexibility index (Phi) is 12.3. The lowest BCUT2D eigenvalue weighted by atomic mass is 10.1. The summed E-state index contributed by atoms with van der Waals surface area (Å²) in [5.41, 5.74) is 1.97. The largest absolute Gasteiger partial charge is 0.344 e. The number of allylic oxidation sites excluding steroid dienone is 1. The van der Waals surface area contributed by atoms with E-state index in [0.29, 0.717) is 0 Å². The van der Waals surface area contributed by atoms with E-state index >= 15 is 0 Å². The van der Waals surface area contributed by atoms with Crippen molar-refractivity contribution in [2.24, 2.45) is 0 Å². The van der Waals surface area contributed by atoms with Crippen LogP contribution in [0.1, 0.15) is 34.1 Å². The molecule has 86 valence electrons. The topological polar surface area (TPSA) is 55.3 Å². The van der Waals surface area contributed by atoms with Crippen LogP contribution in [0.25, 0.3) is 0 Å². The first-order valence-electron chi connectivity index (χ1n) is 4.40. The van der Waals surface area contributed by atoms with E-state index in [0.717, 1.165) is 24.1 Å². The quantitative estimate of drug-likeness (QED) is 0.747. The molecule has 0 aromatic carbocycles. The second-order valence-electron chi connectivity index (χ2n) is 3.35. The van der Waals surface area contributed by atoms with E-state index in [1.165, 1.54) is 0 Å². The van der Waals surface area contributed by atoms with Gasteiger partial charge >= 0.3 is 0 Å². The predicted molar refractivity (Wildman–Crippen MR) is 64.2 cm³/mol. The van der Waals surface area contributed by atoms with Gasteiger partial charge < -0.3 is 11.1 Å². The smallest absolute Gasteiger partial charge is 0.249 e. The molecule has 14 heavy (non-hydrogen) atoms. The van der Waals surface area contributed by atoms with Crippen LogP contribution in [0.3, 0.4) is 0 Å². The van der Waals surface area contributed by atoms with E-state index in [2.05, 4.69) is 6.92 Å². The van der Waals surface area contributed by atoms with Crippen molar-refractivity contribution in [3.8, 4) is 0 Å². The Morgan fingerprint density at radius 3 is 1.93 bits per heavy atom. The van der Waals surface area contributed by atoms with Crippen molar-refractivity contribution in [1.82, 2.24) is 11.1 Å². The molecule has 0 aromatic rings. The van der Waals surface area contributed by atoms with Crippen molar-refractivity contribution in [2.75, 3.05) is 13.6 Å². The summed E-state index contributed by atoms with van der Waals surface area (Å²) in [4.78, 5) is 13.3. The molecule has 0 saturated carbocycles. The summed E-state index contributed by atoms with van der Waals surface area (Å²) in [5.74, 6) is 0.150. The number of carbonyl (C=O) groups is 1. The van der Waals surface area contributed by atoms with Gasteiger partial charge in [-0.2, -0.15) is 0 Å². The molecule has 3 nitrogen and oxygen atoms in total. The Balaban J connectivity index is -0.000000605. The molecule has 0 aliphatic carbocycles. The van der Waals surface area contributed by atoms with Crippen LogP contribution >= 0.6 is 12.4 Å². The third-order valence-electron chi connectivity index (χ3n) is 1.98. The van der Waals surface area contributed by atoms with Gasteiger partial charge in [0.15, 0.2) is 0 Å². The molecule has 1 amide bonds. The summed E-state index contributed by atoms with van der Waals surface area (Å²) in [6.45, 7) is 8.72. The number of nitrogens with zero attached hydrogens (tertiary/aromatic N) is 1. The fourth-order valence-corrected chi connectivity index (χ4v) is 0.937. The lowest BCUT2D eigenvalue weighted by molar-refractivity contribution is -0.125. The molecule has 0 radical (unpaired) electrons. The van der Waals surface area contributed by atoms with Crippen molar-refractivity contribution in [2.45, 2.75) is 34.1 Å². The maximum atomic E-state index is 11.5. The van der Waals surface area contributed by atoms with Gasteiger partial charge in [0.05, 0.1) is 0 Å². The van der Waals surface area contributed by atoms with Crippen LogP contribution in [0.5, 0.6) is 0 Å². The lowest BCUT2D eigenvalue weighted by Gasteiger charge is -2.16. The van der Waals surface area contributed by atoms with Crippen molar-refractivity contribution in [3.05, 3.63) is 11.1 Å². The molecule has 0 spiro atoms. The van der Waals surface area contributed by atoms with E-state index in [9.17, 15) is 4.79 Å². The highest BCUT2D eigenvalue weighted by molar-refractivity contribution is 5.93. The molecule has 0 fully saturated rings. The number of carbonyl (C=O) groups excluding carboxylic acids is 1. The van der Waals surface area contributed by atoms with Crippen LogP contribution < -0.4 is 6.15 Å². The standard InChI is InChI=1S/C10H19NO.ClH.H3N/c1-6-7-11(5)10(12)9(4)8(2)3;;/h6-7H2,1-5H3;1H;1H3. The van der Waals surface area contributed by atoms with Gasteiger partial charge in [-0.15, -0.1) is 12.4 Å². The van der Waals surface area contributed by atoms with Crippen molar-refractivity contribution >= 4 is 18.3 Å². The summed E-state index contributed by atoms with van der Waals surface area (Å²) >= 11 is 0. The molecule has 0 rings (SSSR count). The Morgan fingerprint density at radius 2 is 1.64 bits per heavy atom. The molecule has 0 aliphatic rings. The van der Waals surface area contributed by atoms with Crippen LogP contribution in [0, 0.1) is 0 Å². The maximum absolute atomic E-state index is 11.5. The van der Waals surface area contributed by atoms with E-state index in [1.807, 2.05) is 27.8 Å². The number of amides is 1. The minimum atomic E-state index is 0. The lowest BCUT2D eigenvalue weighted by Crippen LogP contribution is -2.28. The van der Waals surface area contributed by atoms with Crippen LogP contribution in [-0.2, 0) is 4.79 Å². The zero-order valence-electron chi connectivity index (χ0n) is 9.89. The van der Waals surface area contributed by atoms with Crippen LogP contribution in [-0.4, -0.2) is 24.4 Å². The number of hydrogen-bond donors (Lipinski definition) is 1. The van der Waals surface area contributed by atoms with Gasteiger partial charge in [0.1, 0.15) is 0 Å². The summed E-state index contributed by atoms with van der Waals surface area (Å²) in [6.07, 6.45) is 1.01. The third-order valence-corrected chi connectivity index (χ3v) is 1.98. The van der Waals surface area contributed by atoms with Gasteiger partial charge in [0.25, 0.3) is 0 Å². The molecule has 0 heterocycles. The number of halogens is 1. The minimum absolute atomic E-state index is 0. The maximum Gasteiger partial charge on any atom is 0.249 e. The average molecular weight is 223 g/mol. The van der Waals surface area contributed by atoms with Gasteiger partial charge in [-0.3, -0.25) is 4.79 Å². The molecule has 0 aliphatic heterocycles. The second-order valence-corrected chi connectivity index (χ2v) is 3.35. The molecule has 0 aromatic heterocycles. The number of rotatable bonds is 3. The highest BCUT2D eigenvalue weighted by atomic mass is 35.5. The highest BCUT2D eigenvalue weighted by Crippen LogP contribution is 2.05. The molecular formula is C10H23ClN2O. The highest BCUT2D eigenvalue weighted by Gasteiger charge is 2.09. The number of likely N-dealkylation sites (N-methyl/N-ethyl adjacent to an activating group) is 1. The zero-order valence-corrected chi connectivity index (χ0v) is 10.7.